The molecule has 0 bridgehead atoms. The van der Waals surface area contributed by atoms with Crippen LogP contribution in [0.3, 0.4) is 0 Å². The van der Waals surface area contributed by atoms with Gasteiger partial charge in [-0.15, -0.1) is 0 Å². The van der Waals surface area contributed by atoms with Crippen molar-refractivity contribution in [1.29, 1.82) is 0 Å². The summed E-state index contributed by atoms with van der Waals surface area (Å²) < 4.78 is 5.11. The molecule has 1 atom stereocenters. The Hall–Kier alpha value is -2.60. The van der Waals surface area contributed by atoms with Gasteiger partial charge in [0.05, 0.1) is 18.3 Å². The van der Waals surface area contributed by atoms with Crippen molar-refractivity contribution in [2.75, 3.05) is 13.1 Å². The van der Waals surface area contributed by atoms with Crippen molar-refractivity contribution in [3.05, 3.63) is 59.5 Å². The first-order valence-corrected chi connectivity index (χ1v) is 8.27. The van der Waals surface area contributed by atoms with Gasteiger partial charge in [-0.3, -0.25) is 9.59 Å². The van der Waals surface area contributed by atoms with Gasteiger partial charge in [0.1, 0.15) is 0 Å². The predicted molar refractivity (Wildman–Crippen MR) is 94.0 cm³/mol. The summed E-state index contributed by atoms with van der Waals surface area (Å²) in [4.78, 5) is 23.8. The van der Waals surface area contributed by atoms with Gasteiger partial charge in [0.25, 0.3) is 5.91 Å². The molecule has 1 unspecified atom stereocenters. The predicted octanol–water partition coefficient (Wildman–Crippen LogP) is 2.12. The van der Waals surface area contributed by atoms with E-state index in [0.29, 0.717) is 30.8 Å². The van der Waals surface area contributed by atoms with Crippen LogP contribution in [-0.4, -0.2) is 30.0 Å². The van der Waals surface area contributed by atoms with E-state index in [1.165, 1.54) is 6.26 Å². The molecule has 0 spiro atoms. The lowest BCUT2D eigenvalue weighted by atomic mass is 9.92. The second-order valence-electron chi connectivity index (χ2n) is 6.21. The Labute approximate surface area is 147 Å². The van der Waals surface area contributed by atoms with Gasteiger partial charge in [0, 0.05) is 18.7 Å². The summed E-state index contributed by atoms with van der Waals surface area (Å²) in [7, 11) is 0. The number of nitrogens with one attached hydrogen (secondary N) is 2. The number of aryl methyl sites for hydroxylation is 1. The lowest BCUT2D eigenvalue weighted by molar-refractivity contribution is -0.125. The highest BCUT2D eigenvalue weighted by Gasteiger charge is 2.26. The van der Waals surface area contributed by atoms with Gasteiger partial charge in [-0.1, -0.05) is 30.3 Å². The molecular weight excluding hydrogens is 320 g/mol. The summed E-state index contributed by atoms with van der Waals surface area (Å²) in [6.45, 7) is 4.26. The molecule has 0 aliphatic rings. The minimum atomic E-state index is -1.21. The number of carbonyl (C=O) groups excluding carboxylic acids is 2. The van der Waals surface area contributed by atoms with E-state index in [1.807, 2.05) is 18.2 Å². The minimum absolute atomic E-state index is 0.0189. The Bertz CT molecular complexity index is 707. The molecule has 25 heavy (non-hydrogen) atoms. The summed E-state index contributed by atoms with van der Waals surface area (Å²) in [5, 5.41) is 15.9. The molecule has 2 amide bonds. The third-order valence-corrected chi connectivity index (χ3v) is 3.93. The summed E-state index contributed by atoms with van der Waals surface area (Å²) in [6.07, 6.45) is 2.04. The number of hydrogen-bond donors (Lipinski definition) is 3. The van der Waals surface area contributed by atoms with Crippen molar-refractivity contribution < 1.29 is 19.1 Å². The van der Waals surface area contributed by atoms with Gasteiger partial charge in [0.15, 0.2) is 5.76 Å². The second kappa shape index (κ2) is 8.48. The fraction of sp³-hybridized carbons (Fsp3) is 0.368. The van der Waals surface area contributed by atoms with Gasteiger partial charge in [-0.25, -0.2) is 0 Å². The molecule has 134 valence electrons. The molecule has 1 heterocycles. The lowest BCUT2D eigenvalue weighted by Gasteiger charge is -2.23. The number of aliphatic hydroxyl groups is 1. The van der Waals surface area contributed by atoms with Crippen LogP contribution < -0.4 is 10.6 Å². The van der Waals surface area contributed by atoms with Gasteiger partial charge in [0.2, 0.25) is 5.91 Å². The molecule has 1 aromatic heterocycles. The molecule has 0 fully saturated rings. The molecule has 0 aliphatic heterocycles. The Morgan fingerprint density at radius 3 is 2.44 bits per heavy atom. The van der Waals surface area contributed by atoms with Gasteiger partial charge < -0.3 is 20.2 Å². The second-order valence-corrected chi connectivity index (χ2v) is 6.21. The normalized spacial score (nSPS) is 13.1. The highest BCUT2D eigenvalue weighted by atomic mass is 16.3. The number of amides is 2. The molecule has 1 aromatic carbocycles. The first-order chi connectivity index (χ1) is 11.9. The molecule has 6 nitrogen and oxygen atoms in total. The largest absolute Gasteiger partial charge is 0.459 e. The zero-order valence-corrected chi connectivity index (χ0v) is 14.5. The van der Waals surface area contributed by atoms with Crippen LogP contribution in [-0.2, 0) is 10.4 Å². The summed E-state index contributed by atoms with van der Waals surface area (Å²) in [5.74, 6) is -0.189. The van der Waals surface area contributed by atoms with E-state index in [2.05, 4.69) is 10.6 Å². The van der Waals surface area contributed by atoms with Crippen LogP contribution in [0.2, 0.25) is 0 Å². The van der Waals surface area contributed by atoms with E-state index < -0.39 is 5.60 Å². The summed E-state index contributed by atoms with van der Waals surface area (Å²) in [6, 6.07) is 10.8. The Balaban J connectivity index is 1.67. The smallest absolute Gasteiger partial charge is 0.287 e. The van der Waals surface area contributed by atoms with Crippen molar-refractivity contribution in [1.82, 2.24) is 10.6 Å². The number of hydrogen-bond acceptors (Lipinski definition) is 4. The average Bonchev–Trinajstić information content (AvgIpc) is 3.01. The van der Waals surface area contributed by atoms with E-state index >= 15 is 0 Å². The van der Waals surface area contributed by atoms with Crippen LogP contribution in [0.25, 0.3) is 0 Å². The Morgan fingerprint density at radius 1 is 1.12 bits per heavy atom. The molecule has 6 heteroatoms. The van der Waals surface area contributed by atoms with Crippen LogP contribution in [0.1, 0.15) is 41.4 Å². The van der Waals surface area contributed by atoms with Crippen molar-refractivity contribution in [2.45, 2.75) is 32.3 Å². The zero-order valence-electron chi connectivity index (χ0n) is 14.5. The maximum absolute atomic E-state index is 12.0. The highest BCUT2D eigenvalue weighted by molar-refractivity contribution is 5.92. The molecule has 0 saturated heterocycles. The lowest BCUT2D eigenvalue weighted by Crippen LogP contribution is -2.34. The van der Waals surface area contributed by atoms with Crippen molar-refractivity contribution in [3.63, 3.8) is 0 Å². The quantitative estimate of drug-likeness (QED) is 0.640. The van der Waals surface area contributed by atoms with Gasteiger partial charge >= 0.3 is 0 Å². The van der Waals surface area contributed by atoms with Crippen LogP contribution in [0.15, 0.2) is 47.1 Å². The SMILES string of the molecule is Cc1ccoc1C(=O)NCCCNC(=O)CC(C)(O)c1ccccc1. The summed E-state index contributed by atoms with van der Waals surface area (Å²) in [5.41, 5.74) is 0.274. The zero-order chi connectivity index (χ0) is 18.3. The number of carbonyl (C=O) groups is 2. The maximum atomic E-state index is 12.0. The first kappa shape index (κ1) is 18.7. The fourth-order valence-corrected chi connectivity index (χ4v) is 2.48. The van der Waals surface area contributed by atoms with E-state index in [1.54, 1.807) is 32.0 Å². The van der Waals surface area contributed by atoms with Gasteiger partial charge in [-0.2, -0.15) is 0 Å². The Morgan fingerprint density at radius 2 is 1.80 bits per heavy atom. The van der Waals surface area contributed by atoms with Crippen LogP contribution in [0.4, 0.5) is 0 Å². The monoisotopic (exact) mass is 344 g/mol. The van der Waals surface area contributed by atoms with Gasteiger partial charge in [-0.05, 0) is 31.9 Å². The van der Waals surface area contributed by atoms with E-state index in [4.69, 9.17) is 4.42 Å². The average molecular weight is 344 g/mol. The van der Waals surface area contributed by atoms with E-state index in [9.17, 15) is 14.7 Å². The first-order valence-electron chi connectivity index (χ1n) is 8.27. The fourth-order valence-electron chi connectivity index (χ4n) is 2.48. The minimum Gasteiger partial charge on any atom is -0.459 e. The topological polar surface area (TPSA) is 91.6 Å². The molecule has 0 radical (unpaired) electrons. The maximum Gasteiger partial charge on any atom is 0.287 e. The Kier molecular flexibility index (Phi) is 6.36. The third kappa shape index (κ3) is 5.46. The molecule has 2 rings (SSSR count). The molecule has 2 aromatic rings. The van der Waals surface area contributed by atoms with Crippen LogP contribution in [0, 0.1) is 6.92 Å². The molecular formula is C19H24N2O4. The van der Waals surface area contributed by atoms with Crippen molar-refractivity contribution in [2.24, 2.45) is 0 Å². The molecule has 0 aliphatic carbocycles. The third-order valence-electron chi connectivity index (χ3n) is 3.93. The molecule has 0 saturated carbocycles. The standard InChI is InChI=1S/C19H24N2O4/c1-14-9-12-25-17(14)18(23)21-11-6-10-20-16(22)13-19(2,24)15-7-4-3-5-8-15/h3-5,7-9,12,24H,6,10-11,13H2,1-2H3,(H,20,22)(H,21,23). The number of rotatable bonds is 8. The highest BCUT2D eigenvalue weighted by Crippen LogP contribution is 2.23. The van der Waals surface area contributed by atoms with Crippen LogP contribution in [0.5, 0.6) is 0 Å². The van der Waals surface area contributed by atoms with E-state index in [0.717, 1.165) is 5.56 Å². The van der Waals surface area contributed by atoms with E-state index in [-0.39, 0.29) is 18.2 Å². The van der Waals surface area contributed by atoms with Crippen molar-refractivity contribution >= 4 is 11.8 Å². The summed E-state index contributed by atoms with van der Waals surface area (Å²) >= 11 is 0. The number of benzene rings is 1. The molecule has 3 N–H and O–H groups in total. The number of furan rings is 1. The van der Waals surface area contributed by atoms with Crippen molar-refractivity contribution in [3.8, 4) is 0 Å². The van der Waals surface area contributed by atoms with Crippen LogP contribution >= 0.6 is 0 Å².